The highest BCUT2D eigenvalue weighted by Crippen LogP contribution is 2.30. The Balaban J connectivity index is 1.53. The quantitative estimate of drug-likeness (QED) is 0.0204. The summed E-state index contributed by atoms with van der Waals surface area (Å²) in [6.45, 7) is 2.67. The Morgan fingerprint density at radius 1 is 0.451 bits per heavy atom. The second kappa shape index (κ2) is 52.0. The zero-order valence-electron chi connectivity index (χ0n) is 50.7. The van der Waals surface area contributed by atoms with E-state index in [9.17, 15) is 45.6 Å². The van der Waals surface area contributed by atoms with Crippen LogP contribution in [0.25, 0.3) is 0 Å². The van der Waals surface area contributed by atoms with Gasteiger partial charge in [-0.2, -0.15) is 0 Å². The van der Waals surface area contributed by atoms with E-state index in [1.54, 1.807) is 0 Å². The fourth-order valence-corrected chi connectivity index (χ4v) is 9.88. The summed E-state index contributed by atoms with van der Waals surface area (Å²) in [5.74, 6) is -0.216. The molecule has 0 aromatic rings. The Labute approximate surface area is 495 Å². The number of aliphatic hydroxyl groups excluding tert-OH is 8. The minimum absolute atomic E-state index is 0.216. The number of rotatable bonds is 50. The maximum atomic E-state index is 13.2. The standard InChI is InChI=1S/C68H115NO13/c1-3-5-7-9-11-12-13-14-15-16-17-18-19-20-21-22-23-24-25-26-27-28-29-30-31-32-33-34-35-36-37-38-39-40-41-42-43-44-46-48-50-52-60(73)69-56(57(72)51-49-47-45-10-8-6-4-2)55-79-67-65(78)63(76)66(59(54-71)81-67)82-68-64(77)62(75)61(74)58(53-70)80-68/h5,7,11-12,14-15,17-18,20-21,23-24,26-27,29-30,32-33,56-59,61-68,70-72,74-78H,3-4,6,8-10,13,16,19,22,25,28,31,34-55H2,1-2H3,(H,69,73)/b7-5-,12-11-,15-14-,18-17-,21-20-,24-23-,27-26-,30-29-,33-32-. The molecular formula is C68H115NO13. The lowest BCUT2D eigenvalue weighted by Crippen LogP contribution is -2.65. The van der Waals surface area contributed by atoms with Crippen LogP contribution in [0.15, 0.2) is 109 Å². The lowest BCUT2D eigenvalue weighted by atomic mass is 9.97. The van der Waals surface area contributed by atoms with Gasteiger partial charge in [-0.05, 0) is 83.5 Å². The van der Waals surface area contributed by atoms with E-state index >= 15 is 0 Å². The van der Waals surface area contributed by atoms with E-state index in [-0.39, 0.29) is 12.5 Å². The summed E-state index contributed by atoms with van der Waals surface area (Å²) in [5.41, 5.74) is 0. The molecule has 0 spiro atoms. The second-order valence-corrected chi connectivity index (χ2v) is 22.2. The van der Waals surface area contributed by atoms with Crippen LogP contribution in [0.5, 0.6) is 0 Å². The fraction of sp³-hybridized carbons (Fsp3) is 0.721. The third-order valence-electron chi connectivity index (χ3n) is 15.0. The van der Waals surface area contributed by atoms with Crippen molar-refractivity contribution >= 4 is 5.91 Å². The van der Waals surface area contributed by atoms with Gasteiger partial charge in [-0.1, -0.05) is 239 Å². The molecule has 12 unspecified atom stereocenters. The van der Waals surface area contributed by atoms with Crippen LogP contribution in [-0.4, -0.2) is 140 Å². The molecule has 9 N–H and O–H groups in total. The molecule has 0 saturated carbocycles. The molecular weight excluding hydrogens is 1040 g/mol. The molecule has 2 saturated heterocycles. The van der Waals surface area contributed by atoms with Gasteiger partial charge in [0, 0.05) is 6.42 Å². The Bertz CT molecular complexity index is 1790. The Hall–Kier alpha value is -3.35. The van der Waals surface area contributed by atoms with Crippen LogP contribution in [0, 0.1) is 0 Å². The van der Waals surface area contributed by atoms with Gasteiger partial charge in [0.25, 0.3) is 0 Å². The maximum Gasteiger partial charge on any atom is 0.220 e. The summed E-state index contributed by atoms with van der Waals surface area (Å²) < 4.78 is 22.7. The monoisotopic (exact) mass is 1150 g/mol. The molecule has 2 aliphatic heterocycles. The summed E-state index contributed by atoms with van der Waals surface area (Å²) in [7, 11) is 0. The Morgan fingerprint density at radius 2 is 0.841 bits per heavy atom. The van der Waals surface area contributed by atoms with Crippen LogP contribution < -0.4 is 5.32 Å². The van der Waals surface area contributed by atoms with Crippen LogP contribution >= 0.6 is 0 Å². The first-order valence-electron chi connectivity index (χ1n) is 32.1. The zero-order valence-corrected chi connectivity index (χ0v) is 50.7. The summed E-state index contributed by atoms with van der Waals surface area (Å²) in [4.78, 5) is 13.2. The predicted octanol–water partition coefficient (Wildman–Crippen LogP) is 12.0. The summed E-state index contributed by atoms with van der Waals surface area (Å²) >= 11 is 0. The fourth-order valence-electron chi connectivity index (χ4n) is 9.88. The lowest BCUT2D eigenvalue weighted by Gasteiger charge is -2.46. The molecule has 14 heteroatoms. The normalized spacial score (nSPS) is 24.7. The molecule has 2 aliphatic rings. The number of carbonyl (C=O) groups excluding carboxylic acids is 1. The molecule has 0 aliphatic carbocycles. The average molecular weight is 1150 g/mol. The Kier molecular flexibility index (Phi) is 47.4. The van der Waals surface area contributed by atoms with Gasteiger partial charge in [0.2, 0.25) is 5.91 Å². The van der Waals surface area contributed by atoms with Gasteiger partial charge >= 0.3 is 0 Å². The topological polar surface area (TPSA) is 228 Å². The largest absolute Gasteiger partial charge is 0.394 e. The molecule has 2 heterocycles. The van der Waals surface area contributed by atoms with Crippen molar-refractivity contribution in [2.75, 3.05) is 19.8 Å². The van der Waals surface area contributed by atoms with Crippen molar-refractivity contribution in [1.29, 1.82) is 0 Å². The number of unbranched alkanes of at least 4 members (excludes halogenated alkanes) is 19. The first-order valence-corrected chi connectivity index (χ1v) is 32.1. The van der Waals surface area contributed by atoms with E-state index in [4.69, 9.17) is 18.9 Å². The lowest BCUT2D eigenvalue weighted by molar-refractivity contribution is -0.359. The van der Waals surface area contributed by atoms with Crippen molar-refractivity contribution in [2.45, 2.75) is 293 Å². The van der Waals surface area contributed by atoms with E-state index in [1.807, 2.05) is 0 Å². The van der Waals surface area contributed by atoms with Crippen molar-refractivity contribution < 1.29 is 64.6 Å². The van der Waals surface area contributed by atoms with Gasteiger partial charge in [-0.3, -0.25) is 4.79 Å². The summed E-state index contributed by atoms with van der Waals surface area (Å²) in [6.07, 6.45) is 57.3. The molecule has 82 heavy (non-hydrogen) atoms. The van der Waals surface area contributed by atoms with Crippen LogP contribution in [0.4, 0.5) is 0 Å². The molecule has 0 radical (unpaired) electrons. The minimum atomic E-state index is -1.78. The van der Waals surface area contributed by atoms with Crippen LogP contribution in [-0.2, 0) is 23.7 Å². The third-order valence-corrected chi connectivity index (χ3v) is 15.0. The second-order valence-electron chi connectivity index (χ2n) is 22.2. The molecule has 1 amide bonds. The molecule has 470 valence electrons. The number of aliphatic hydroxyl groups is 8. The number of hydrogen-bond donors (Lipinski definition) is 9. The van der Waals surface area contributed by atoms with E-state index in [0.29, 0.717) is 12.8 Å². The van der Waals surface area contributed by atoms with Crippen molar-refractivity contribution in [3.63, 3.8) is 0 Å². The highest BCUT2D eigenvalue weighted by molar-refractivity contribution is 5.76. The number of nitrogens with one attached hydrogen (secondary N) is 1. The first kappa shape index (κ1) is 74.7. The average Bonchev–Trinajstić information content (AvgIpc) is 3.65. The number of carbonyl (C=O) groups is 1. The van der Waals surface area contributed by atoms with Crippen LogP contribution in [0.1, 0.15) is 219 Å². The number of hydrogen-bond acceptors (Lipinski definition) is 13. The van der Waals surface area contributed by atoms with Gasteiger partial charge in [-0.25, -0.2) is 0 Å². The number of allylic oxidation sites excluding steroid dienone is 18. The van der Waals surface area contributed by atoms with Crippen molar-refractivity contribution in [2.24, 2.45) is 0 Å². The molecule has 0 bridgehead atoms. The van der Waals surface area contributed by atoms with E-state index < -0.39 is 86.8 Å². The molecule has 0 aromatic heterocycles. The first-order chi connectivity index (χ1) is 40.1. The SMILES string of the molecule is CC/C=C\C/C=C\C/C=C\C/C=C\C/C=C\C/C=C\C/C=C\C/C=C\C/C=C\CCCCCCCCCCCCCCCC(=O)NC(COC1OC(CO)C(OC2OC(CO)C(O)C(O)C2O)C(O)C1O)C(O)CCCCCCCCC. The predicted molar refractivity (Wildman–Crippen MR) is 332 cm³/mol. The van der Waals surface area contributed by atoms with Gasteiger partial charge in [0.05, 0.1) is 32.0 Å². The van der Waals surface area contributed by atoms with Crippen molar-refractivity contribution in [3.8, 4) is 0 Å². The van der Waals surface area contributed by atoms with Crippen molar-refractivity contribution in [3.05, 3.63) is 109 Å². The van der Waals surface area contributed by atoms with Crippen molar-refractivity contribution in [1.82, 2.24) is 5.32 Å². The van der Waals surface area contributed by atoms with Gasteiger partial charge < -0.3 is 65.1 Å². The number of ether oxygens (including phenoxy) is 4. The van der Waals surface area contributed by atoms with E-state index in [0.717, 1.165) is 122 Å². The third kappa shape index (κ3) is 36.5. The zero-order chi connectivity index (χ0) is 59.5. The van der Waals surface area contributed by atoms with Gasteiger partial charge in [0.1, 0.15) is 48.8 Å². The van der Waals surface area contributed by atoms with Crippen LogP contribution in [0.3, 0.4) is 0 Å². The van der Waals surface area contributed by atoms with Gasteiger partial charge in [0.15, 0.2) is 12.6 Å². The van der Waals surface area contributed by atoms with Crippen LogP contribution in [0.2, 0.25) is 0 Å². The van der Waals surface area contributed by atoms with E-state index in [1.165, 1.54) is 70.6 Å². The highest BCUT2D eigenvalue weighted by atomic mass is 16.7. The number of amides is 1. The Morgan fingerprint density at radius 3 is 1.29 bits per heavy atom. The molecule has 14 nitrogen and oxygen atoms in total. The smallest absolute Gasteiger partial charge is 0.220 e. The van der Waals surface area contributed by atoms with Gasteiger partial charge in [-0.15, -0.1) is 0 Å². The molecule has 12 atom stereocenters. The molecule has 0 aromatic carbocycles. The van der Waals surface area contributed by atoms with E-state index in [2.05, 4.69) is 129 Å². The molecule has 2 fully saturated rings. The summed E-state index contributed by atoms with van der Waals surface area (Å²) in [5, 5.41) is 86.9. The molecule has 2 rings (SSSR count). The highest BCUT2D eigenvalue weighted by Gasteiger charge is 2.51. The summed E-state index contributed by atoms with van der Waals surface area (Å²) in [6, 6.07) is -0.832. The minimum Gasteiger partial charge on any atom is -0.394 e. The maximum absolute atomic E-state index is 13.2.